The molecule has 2 heterocycles. The number of rotatable bonds is 3. The molecular weight excluding hydrogens is 218 g/mol. The van der Waals surface area contributed by atoms with Crippen LogP contribution in [0.25, 0.3) is 0 Å². The molecule has 0 aromatic rings. The Kier molecular flexibility index (Phi) is 4.76. The lowest BCUT2D eigenvalue weighted by Crippen LogP contribution is -2.51. The molecule has 0 spiro atoms. The summed E-state index contributed by atoms with van der Waals surface area (Å²) in [6.45, 7) is 5.02. The number of likely N-dealkylation sites (tertiary alicyclic amines) is 1. The van der Waals surface area contributed by atoms with Gasteiger partial charge in [0.1, 0.15) is 0 Å². The molecule has 1 unspecified atom stereocenters. The van der Waals surface area contributed by atoms with E-state index < -0.39 is 0 Å². The molecular formula is C12H23N3O2. The Labute approximate surface area is 103 Å². The van der Waals surface area contributed by atoms with Gasteiger partial charge in [-0.2, -0.15) is 0 Å². The van der Waals surface area contributed by atoms with Gasteiger partial charge in [0.05, 0.1) is 19.8 Å². The van der Waals surface area contributed by atoms with E-state index >= 15 is 0 Å². The van der Waals surface area contributed by atoms with Gasteiger partial charge >= 0.3 is 0 Å². The number of piperidine rings is 1. The molecule has 2 rings (SSSR count). The number of hydrogen-bond donors (Lipinski definition) is 1. The Bertz CT molecular complexity index is 254. The lowest BCUT2D eigenvalue weighted by molar-refractivity contribution is -0.137. The molecule has 2 saturated heterocycles. The van der Waals surface area contributed by atoms with Crippen molar-refractivity contribution in [2.75, 3.05) is 45.9 Å². The van der Waals surface area contributed by atoms with Gasteiger partial charge in [-0.1, -0.05) is 6.42 Å². The second-order valence-electron chi connectivity index (χ2n) is 4.85. The summed E-state index contributed by atoms with van der Waals surface area (Å²) in [6, 6.07) is 0.397. The summed E-state index contributed by atoms with van der Waals surface area (Å²) in [7, 11) is 0. The Morgan fingerprint density at radius 1 is 1.24 bits per heavy atom. The predicted octanol–water partition coefficient (Wildman–Crippen LogP) is -0.342. The van der Waals surface area contributed by atoms with Crippen LogP contribution in [0.5, 0.6) is 0 Å². The first-order valence-corrected chi connectivity index (χ1v) is 6.61. The molecule has 5 nitrogen and oxygen atoms in total. The molecule has 2 fully saturated rings. The highest BCUT2D eigenvalue weighted by molar-refractivity contribution is 5.78. The Morgan fingerprint density at radius 2 is 2.00 bits per heavy atom. The second-order valence-corrected chi connectivity index (χ2v) is 4.85. The highest BCUT2D eigenvalue weighted by atomic mass is 16.5. The van der Waals surface area contributed by atoms with E-state index in [4.69, 9.17) is 10.5 Å². The van der Waals surface area contributed by atoms with Crippen molar-refractivity contribution in [2.45, 2.75) is 25.3 Å². The molecule has 17 heavy (non-hydrogen) atoms. The Balaban J connectivity index is 1.83. The van der Waals surface area contributed by atoms with Crippen LogP contribution >= 0.6 is 0 Å². The quantitative estimate of drug-likeness (QED) is 0.734. The molecule has 2 aliphatic rings. The summed E-state index contributed by atoms with van der Waals surface area (Å²) in [5.74, 6) is 0.230. The van der Waals surface area contributed by atoms with Gasteiger partial charge < -0.3 is 15.4 Å². The van der Waals surface area contributed by atoms with Crippen LogP contribution in [0.2, 0.25) is 0 Å². The van der Waals surface area contributed by atoms with Crippen molar-refractivity contribution in [3.63, 3.8) is 0 Å². The molecule has 1 amide bonds. The van der Waals surface area contributed by atoms with Crippen LogP contribution in [0, 0.1) is 0 Å². The maximum absolute atomic E-state index is 12.1. The van der Waals surface area contributed by atoms with Crippen molar-refractivity contribution < 1.29 is 9.53 Å². The SMILES string of the molecule is NCC1CCCCN1CC(=O)N1CCOCC1. The summed E-state index contributed by atoms with van der Waals surface area (Å²) >= 11 is 0. The molecule has 0 aromatic carbocycles. The number of morpholine rings is 1. The third-order valence-corrected chi connectivity index (χ3v) is 3.72. The first-order valence-electron chi connectivity index (χ1n) is 6.61. The Morgan fingerprint density at radius 3 is 2.71 bits per heavy atom. The molecule has 0 saturated carbocycles. The van der Waals surface area contributed by atoms with E-state index in [9.17, 15) is 4.79 Å². The van der Waals surface area contributed by atoms with E-state index in [-0.39, 0.29) is 5.91 Å². The van der Waals surface area contributed by atoms with Crippen LogP contribution in [0.1, 0.15) is 19.3 Å². The molecule has 1 atom stereocenters. The molecule has 2 aliphatic heterocycles. The zero-order valence-electron chi connectivity index (χ0n) is 10.4. The van der Waals surface area contributed by atoms with Crippen LogP contribution in [0.3, 0.4) is 0 Å². The summed E-state index contributed by atoms with van der Waals surface area (Å²) in [6.07, 6.45) is 3.56. The van der Waals surface area contributed by atoms with Crippen molar-refractivity contribution >= 4 is 5.91 Å². The molecule has 0 bridgehead atoms. The maximum atomic E-state index is 12.1. The standard InChI is InChI=1S/C12H23N3O2/c13-9-11-3-1-2-4-15(11)10-12(16)14-5-7-17-8-6-14/h11H,1-10,13H2. The highest BCUT2D eigenvalue weighted by Gasteiger charge is 2.25. The lowest BCUT2D eigenvalue weighted by atomic mass is 10.0. The fraction of sp³-hybridized carbons (Fsp3) is 0.917. The van der Waals surface area contributed by atoms with E-state index in [1.807, 2.05) is 4.90 Å². The van der Waals surface area contributed by atoms with Crippen LogP contribution in [-0.2, 0) is 9.53 Å². The maximum Gasteiger partial charge on any atom is 0.236 e. The van der Waals surface area contributed by atoms with Gasteiger partial charge in [-0.3, -0.25) is 9.69 Å². The van der Waals surface area contributed by atoms with Gasteiger partial charge in [-0.25, -0.2) is 0 Å². The van der Waals surface area contributed by atoms with Gasteiger partial charge in [0.15, 0.2) is 0 Å². The van der Waals surface area contributed by atoms with E-state index in [1.54, 1.807) is 0 Å². The number of ether oxygens (including phenoxy) is 1. The number of carbonyl (C=O) groups is 1. The van der Waals surface area contributed by atoms with E-state index in [0.29, 0.717) is 32.3 Å². The normalized spacial score (nSPS) is 27.1. The van der Waals surface area contributed by atoms with Crippen LogP contribution in [0.4, 0.5) is 0 Å². The first kappa shape index (κ1) is 12.8. The lowest BCUT2D eigenvalue weighted by Gasteiger charge is -2.36. The fourth-order valence-corrected chi connectivity index (χ4v) is 2.62. The zero-order valence-corrected chi connectivity index (χ0v) is 10.4. The van der Waals surface area contributed by atoms with Crippen LogP contribution in [-0.4, -0.2) is 67.7 Å². The number of carbonyl (C=O) groups excluding carboxylic acids is 1. The van der Waals surface area contributed by atoms with Crippen molar-refractivity contribution in [1.82, 2.24) is 9.80 Å². The van der Waals surface area contributed by atoms with Gasteiger partial charge in [0, 0.05) is 25.7 Å². The number of amides is 1. The largest absolute Gasteiger partial charge is 0.378 e. The molecule has 0 radical (unpaired) electrons. The molecule has 0 aromatic heterocycles. The molecule has 0 aliphatic carbocycles. The predicted molar refractivity (Wildman–Crippen MR) is 65.7 cm³/mol. The third kappa shape index (κ3) is 3.40. The minimum atomic E-state index is 0.230. The zero-order chi connectivity index (χ0) is 12.1. The van der Waals surface area contributed by atoms with Crippen LogP contribution in [0.15, 0.2) is 0 Å². The summed E-state index contributed by atoms with van der Waals surface area (Å²) in [4.78, 5) is 16.3. The van der Waals surface area contributed by atoms with Crippen molar-refractivity contribution in [1.29, 1.82) is 0 Å². The highest BCUT2D eigenvalue weighted by Crippen LogP contribution is 2.16. The number of hydrogen-bond acceptors (Lipinski definition) is 4. The smallest absolute Gasteiger partial charge is 0.236 e. The monoisotopic (exact) mass is 241 g/mol. The van der Waals surface area contributed by atoms with E-state index in [2.05, 4.69) is 4.90 Å². The summed E-state index contributed by atoms with van der Waals surface area (Å²) < 4.78 is 5.25. The number of nitrogens with zero attached hydrogens (tertiary/aromatic N) is 2. The minimum absolute atomic E-state index is 0.230. The average Bonchev–Trinajstić information content (AvgIpc) is 2.40. The summed E-state index contributed by atoms with van der Waals surface area (Å²) in [5.41, 5.74) is 5.76. The molecule has 98 valence electrons. The van der Waals surface area contributed by atoms with Gasteiger partial charge in [-0.05, 0) is 19.4 Å². The minimum Gasteiger partial charge on any atom is -0.378 e. The Hall–Kier alpha value is -0.650. The van der Waals surface area contributed by atoms with E-state index in [1.165, 1.54) is 12.8 Å². The van der Waals surface area contributed by atoms with E-state index in [0.717, 1.165) is 26.1 Å². The molecule has 2 N–H and O–H groups in total. The van der Waals surface area contributed by atoms with Gasteiger partial charge in [0.25, 0.3) is 0 Å². The topological polar surface area (TPSA) is 58.8 Å². The summed E-state index contributed by atoms with van der Waals surface area (Å²) in [5, 5.41) is 0. The molecule has 5 heteroatoms. The van der Waals surface area contributed by atoms with Crippen molar-refractivity contribution in [2.24, 2.45) is 5.73 Å². The third-order valence-electron chi connectivity index (χ3n) is 3.72. The first-order chi connectivity index (χ1) is 8.31. The van der Waals surface area contributed by atoms with Gasteiger partial charge in [-0.15, -0.1) is 0 Å². The van der Waals surface area contributed by atoms with Crippen molar-refractivity contribution in [3.8, 4) is 0 Å². The second kappa shape index (κ2) is 6.33. The fourth-order valence-electron chi connectivity index (χ4n) is 2.62. The number of nitrogens with two attached hydrogens (primary N) is 1. The average molecular weight is 241 g/mol. The van der Waals surface area contributed by atoms with Crippen molar-refractivity contribution in [3.05, 3.63) is 0 Å². The van der Waals surface area contributed by atoms with Gasteiger partial charge in [0.2, 0.25) is 5.91 Å². The van der Waals surface area contributed by atoms with Crippen LogP contribution < -0.4 is 5.73 Å².